The number of carbonyl (C=O) groups is 2. The quantitative estimate of drug-likeness (QED) is 0.652. The molecule has 3 rings (SSSR count). The van der Waals surface area contributed by atoms with Crippen molar-refractivity contribution >= 4 is 45.9 Å². The van der Waals surface area contributed by atoms with E-state index in [4.69, 9.17) is 22.1 Å². The van der Waals surface area contributed by atoms with E-state index in [2.05, 4.69) is 0 Å². The van der Waals surface area contributed by atoms with Crippen molar-refractivity contribution in [3.63, 3.8) is 0 Å². The highest BCUT2D eigenvalue weighted by Crippen LogP contribution is 2.38. The van der Waals surface area contributed by atoms with E-state index in [1.807, 2.05) is 36.1 Å². The molecule has 2 aliphatic rings. The molecule has 1 aromatic carbocycles. The Morgan fingerprint density at radius 3 is 2.79 bits per heavy atom. The number of fused-ring (bicyclic) bond motifs is 1. The summed E-state index contributed by atoms with van der Waals surface area (Å²) in [5, 5.41) is 8.84. The van der Waals surface area contributed by atoms with Crippen molar-refractivity contribution in [3.05, 3.63) is 47.2 Å². The second kappa shape index (κ2) is 6.66. The van der Waals surface area contributed by atoms with Crippen LogP contribution in [0.1, 0.15) is 6.92 Å². The van der Waals surface area contributed by atoms with Crippen LogP contribution in [0, 0.1) is 0 Å². The molecule has 0 radical (unpaired) electrons. The van der Waals surface area contributed by atoms with Gasteiger partial charge in [0.15, 0.2) is 5.75 Å². The summed E-state index contributed by atoms with van der Waals surface area (Å²) in [6, 6.07) is 7.68. The smallest absolute Gasteiger partial charge is 0.323 e. The maximum Gasteiger partial charge on any atom is 0.323 e. The summed E-state index contributed by atoms with van der Waals surface area (Å²) in [4.78, 5) is 26.5. The Hall–Kier alpha value is -2.32. The van der Waals surface area contributed by atoms with Gasteiger partial charge in [-0.05, 0) is 25.1 Å². The van der Waals surface area contributed by atoms with Gasteiger partial charge in [-0.1, -0.05) is 36.1 Å². The summed E-state index contributed by atoms with van der Waals surface area (Å²) in [6.07, 6.45) is 3.32. The Labute approximate surface area is 148 Å². The molecule has 1 fully saturated rings. The zero-order valence-corrected chi connectivity index (χ0v) is 14.4. The number of thiocarbonyl (C=S) groups is 1. The maximum absolute atomic E-state index is 12.2. The normalized spacial score (nSPS) is 20.0. The number of anilines is 1. The van der Waals surface area contributed by atoms with Crippen LogP contribution in [-0.2, 0) is 9.59 Å². The predicted molar refractivity (Wildman–Crippen MR) is 95.8 cm³/mol. The Kier molecular flexibility index (Phi) is 4.59. The van der Waals surface area contributed by atoms with Crippen molar-refractivity contribution in [3.8, 4) is 5.75 Å². The molecule has 0 aliphatic carbocycles. The number of para-hydroxylation sites is 2. The minimum absolute atomic E-state index is 0.245. The first kappa shape index (κ1) is 16.5. The number of ether oxygens (including phenoxy) is 1. The minimum atomic E-state index is -1.10. The van der Waals surface area contributed by atoms with Crippen molar-refractivity contribution in [1.82, 2.24) is 4.90 Å². The molecule has 0 unspecified atom stereocenters. The van der Waals surface area contributed by atoms with Gasteiger partial charge in [0.25, 0.3) is 5.91 Å². The average molecular weight is 362 g/mol. The van der Waals surface area contributed by atoms with Crippen LogP contribution >= 0.6 is 24.0 Å². The monoisotopic (exact) mass is 362 g/mol. The highest BCUT2D eigenvalue weighted by atomic mass is 32.2. The van der Waals surface area contributed by atoms with E-state index in [-0.39, 0.29) is 4.32 Å². The number of carboxylic acid groups (broad SMARTS) is 1. The number of nitrogens with zero attached hydrogens (tertiary/aromatic N) is 2. The Morgan fingerprint density at radius 1 is 1.33 bits per heavy atom. The molecule has 1 amide bonds. The van der Waals surface area contributed by atoms with Crippen LogP contribution in [0.3, 0.4) is 0 Å². The van der Waals surface area contributed by atoms with Crippen LogP contribution in [0.2, 0.25) is 0 Å². The van der Waals surface area contributed by atoms with Crippen molar-refractivity contribution in [2.75, 3.05) is 18.0 Å². The summed E-state index contributed by atoms with van der Waals surface area (Å²) in [5.74, 6) is -0.125. The number of thioether (sulfide) groups is 1. The lowest BCUT2D eigenvalue weighted by Gasteiger charge is -2.14. The number of hydrogen-bond acceptors (Lipinski definition) is 6. The van der Waals surface area contributed by atoms with Gasteiger partial charge < -0.3 is 14.7 Å². The molecule has 1 aromatic rings. The topological polar surface area (TPSA) is 70.1 Å². The fraction of sp³-hybridized carbons (Fsp3) is 0.188. The lowest BCUT2D eigenvalue weighted by atomic mass is 10.3. The van der Waals surface area contributed by atoms with Gasteiger partial charge in [-0.15, -0.1) is 0 Å². The molecule has 6 nitrogen and oxygen atoms in total. The molecular formula is C16H14N2O4S2. The number of rotatable bonds is 4. The van der Waals surface area contributed by atoms with Crippen molar-refractivity contribution in [2.45, 2.75) is 6.92 Å². The van der Waals surface area contributed by atoms with Crippen LogP contribution in [0.15, 0.2) is 47.2 Å². The van der Waals surface area contributed by atoms with Gasteiger partial charge in [0.05, 0.1) is 10.6 Å². The standard InChI is InChI=1S/C16H14N2O4S2/c1-2-17-10-5-3-4-6-11(10)22-13(17)8-7-12-15(21)18(9-14(19)20)16(23)24-12/h3-8H,2,9H2,1H3,(H,19,20)/b12-7?,13-8-. The van der Waals surface area contributed by atoms with E-state index >= 15 is 0 Å². The largest absolute Gasteiger partial charge is 0.480 e. The molecular weight excluding hydrogens is 348 g/mol. The molecule has 1 saturated heterocycles. The van der Waals surface area contributed by atoms with Gasteiger partial charge in [-0.25, -0.2) is 0 Å². The molecule has 2 heterocycles. The first-order valence-corrected chi connectivity index (χ1v) is 8.45. The minimum Gasteiger partial charge on any atom is -0.480 e. The summed E-state index contributed by atoms with van der Waals surface area (Å²) in [7, 11) is 0. The van der Waals surface area contributed by atoms with E-state index in [0.717, 1.165) is 34.6 Å². The molecule has 8 heteroatoms. The first-order valence-electron chi connectivity index (χ1n) is 7.23. The molecule has 0 aromatic heterocycles. The molecule has 0 saturated carbocycles. The number of amides is 1. The Morgan fingerprint density at radius 2 is 2.08 bits per heavy atom. The van der Waals surface area contributed by atoms with Crippen LogP contribution in [-0.4, -0.2) is 39.3 Å². The van der Waals surface area contributed by atoms with Crippen molar-refractivity contribution < 1.29 is 19.4 Å². The maximum atomic E-state index is 12.2. The summed E-state index contributed by atoms with van der Waals surface area (Å²) in [5.41, 5.74) is 0.970. The van der Waals surface area contributed by atoms with Gasteiger partial charge in [0.2, 0.25) is 5.88 Å². The number of carboxylic acids is 1. The second-order valence-electron chi connectivity index (χ2n) is 5.00. The van der Waals surface area contributed by atoms with Crippen LogP contribution in [0.4, 0.5) is 5.69 Å². The molecule has 24 heavy (non-hydrogen) atoms. The third-order valence-corrected chi connectivity index (χ3v) is 4.89. The lowest BCUT2D eigenvalue weighted by Crippen LogP contribution is -2.33. The Balaban J connectivity index is 1.83. The molecule has 124 valence electrons. The van der Waals surface area contributed by atoms with E-state index in [0.29, 0.717) is 10.8 Å². The average Bonchev–Trinajstić information content (AvgIpc) is 3.04. The lowest BCUT2D eigenvalue weighted by molar-refractivity contribution is -0.140. The van der Waals surface area contributed by atoms with Crippen LogP contribution < -0.4 is 9.64 Å². The number of hydrogen-bond donors (Lipinski definition) is 1. The van der Waals surface area contributed by atoms with Gasteiger partial charge in [0, 0.05) is 12.6 Å². The van der Waals surface area contributed by atoms with Gasteiger partial charge >= 0.3 is 5.97 Å². The first-order chi connectivity index (χ1) is 11.5. The molecule has 2 aliphatic heterocycles. The molecule has 1 N–H and O–H groups in total. The highest BCUT2D eigenvalue weighted by Gasteiger charge is 2.33. The van der Waals surface area contributed by atoms with E-state index in [1.54, 1.807) is 12.2 Å². The summed E-state index contributed by atoms with van der Waals surface area (Å²) in [6.45, 7) is 2.30. The number of aliphatic carboxylic acids is 1. The number of benzene rings is 1. The SMILES string of the molecule is CCN1/C(=C/C=C2SC(=S)N(CC(=O)O)C2=O)Oc2ccccc21. The molecule has 0 bridgehead atoms. The Bertz CT molecular complexity index is 788. The van der Waals surface area contributed by atoms with Crippen molar-refractivity contribution in [2.24, 2.45) is 0 Å². The second-order valence-corrected chi connectivity index (χ2v) is 6.68. The zero-order valence-electron chi connectivity index (χ0n) is 12.8. The van der Waals surface area contributed by atoms with E-state index in [1.165, 1.54) is 0 Å². The molecule has 0 atom stereocenters. The van der Waals surface area contributed by atoms with Crippen molar-refractivity contribution in [1.29, 1.82) is 0 Å². The van der Waals surface area contributed by atoms with Gasteiger partial charge in [0.1, 0.15) is 10.9 Å². The van der Waals surface area contributed by atoms with E-state index < -0.39 is 18.4 Å². The highest BCUT2D eigenvalue weighted by molar-refractivity contribution is 8.26. The third-order valence-electron chi connectivity index (χ3n) is 3.50. The number of allylic oxidation sites excluding steroid dienone is 2. The van der Waals surface area contributed by atoms with Crippen LogP contribution in [0.5, 0.6) is 5.75 Å². The molecule has 0 spiro atoms. The number of carbonyl (C=O) groups excluding carboxylic acids is 1. The predicted octanol–water partition coefficient (Wildman–Crippen LogP) is 2.58. The summed E-state index contributed by atoms with van der Waals surface area (Å²) >= 11 is 6.15. The fourth-order valence-corrected chi connectivity index (χ4v) is 3.63. The van der Waals surface area contributed by atoms with Gasteiger partial charge in [-0.2, -0.15) is 0 Å². The third kappa shape index (κ3) is 3.02. The van der Waals surface area contributed by atoms with E-state index in [9.17, 15) is 9.59 Å². The fourth-order valence-electron chi connectivity index (χ4n) is 2.44. The van der Waals surface area contributed by atoms with Crippen LogP contribution in [0.25, 0.3) is 0 Å². The zero-order chi connectivity index (χ0) is 17.3. The van der Waals surface area contributed by atoms with Gasteiger partial charge in [-0.3, -0.25) is 14.5 Å². The summed E-state index contributed by atoms with van der Waals surface area (Å²) < 4.78 is 6.05.